The van der Waals surface area contributed by atoms with Crippen LogP contribution in [-0.2, 0) is 42.0 Å². The number of nitrogens with zero attached hydrogens (tertiary/aromatic N) is 2. The normalized spacial score (nSPS) is 24.2. The van der Waals surface area contributed by atoms with Gasteiger partial charge in [-0.2, -0.15) is 13.2 Å². The fourth-order valence-electron chi connectivity index (χ4n) is 6.57. The molecule has 0 spiro atoms. The van der Waals surface area contributed by atoms with Crippen LogP contribution in [0.3, 0.4) is 0 Å². The Balaban J connectivity index is 1.91. The first kappa shape index (κ1) is 35.7. The molecule has 5 atom stereocenters. The summed E-state index contributed by atoms with van der Waals surface area (Å²) >= 11 is 0. The number of amides is 1. The monoisotopic (exact) mass is 648 g/mol. The average molecular weight is 649 g/mol. The van der Waals surface area contributed by atoms with Crippen LogP contribution in [0.4, 0.5) is 13.2 Å². The lowest BCUT2D eigenvalue weighted by Crippen LogP contribution is -2.51. The molecule has 0 aliphatic carbocycles. The number of aromatic nitrogens is 1. The summed E-state index contributed by atoms with van der Waals surface area (Å²) < 4.78 is 64.5. The van der Waals surface area contributed by atoms with E-state index in [0.717, 1.165) is 36.2 Å². The summed E-state index contributed by atoms with van der Waals surface area (Å²) in [6.45, 7) is 14.1. The van der Waals surface area contributed by atoms with Gasteiger partial charge in [0.25, 0.3) is 5.91 Å². The number of benzene rings is 1. The van der Waals surface area contributed by atoms with Crippen LogP contribution in [0.2, 0.25) is 0 Å². The number of carbonyl (C=O) groups excluding carboxylic acids is 2. The number of hydrogen-bond donors (Lipinski definition) is 0. The number of hydrogen-bond acceptors (Lipinski definition) is 7. The van der Waals surface area contributed by atoms with Crippen LogP contribution in [0, 0.1) is 11.3 Å². The zero-order valence-corrected chi connectivity index (χ0v) is 28.1. The van der Waals surface area contributed by atoms with E-state index in [-0.39, 0.29) is 36.0 Å². The van der Waals surface area contributed by atoms with Gasteiger partial charge in [-0.3, -0.25) is 4.79 Å². The maximum Gasteiger partial charge on any atom is 0.417 e. The first-order chi connectivity index (χ1) is 21.5. The molecule has 46 heavy (non-hydrogen) atoms. The molecule has 1 aromatic carbocycles. The lowest BCUT2D eigenvalue weighted by molar-refractivity contribution is -0.162. The van der Waals surface area contributed by atoms with Gasteiger partial charge < -0.3 is 23.8 Å². The second-order valence-electron chi connectivity index (χ2n) is 14.2. The topological polar surface area (TPSA) is 87.2 Å². The van der Waals surface area contributed by atoms with Crippen molar-refractivity contribution in [1.82, 2.24) is 9.88 Å². The minimum atomic E-state index is -4.62. The van der Waals surface area contributed by atoms with Gasteiger partial charge in [-0.1, -0.05) is 65.8 Å². The minimum absolute atomic E-state index is 0.00457. The number of alkyl halides is 3. The number of likely N-dealkylation sites (tertiary alicyclic amines) is 1. The third-order valence-electron chi connectivity index (χ3n) is 8.81. The van der Waals surface area contributed by atoms with Crippen LogP contribution in [0.1, 0.15) is 96.0 Å². The molecule has 3 heterocycles. The largest absolute Gasteiger partial charge is 0.481 e. The average Bonchev–Trinajstić information content (AvgIpc) is 3.35. The lowest BCUT2D eigenvalue weighted by Gasteiger charge is -2.36. The molecule has 8 nitrogen and oxygen atoms in total. The third-order valence-corrected chi connectivity index (χ3v) is 8.81. The van der Waals surface area contributed by atoms with E-state index in [1.165, 1.54) is 7.11 Å². The Morgan fingerprint density at radius 3 is 2.33 bits per heavy atom. The van der Waals surface area contributed by atoms with Crippen LogP contribution in [0.5, 0.6) is 5.88 Å². The number of ether oxygens (including phenoxy) is 4. The van der Waals surface area contributed by atoms with Gasteiger partial charge in [0.1, 0.15) is 12.1 Å². The molecular formula is C35H47F3N2O6. The van der Waals surface area contributed by atoms with Crippen LogP contribution in [-0.4, -0.2) is 60.3 Å². The minimum Gasteiger partial charge on any atom is -0.481 e. The van der Waals surface area contributed by atoms with Crippen molar-refractivity contribution in [3.8, 4) is 5.88 Å². The van der Waals surface area contributed by atoms with Crippen LogP contribution in [0.15, 0.2) is 36.5 Å². The zero-order valence-electron chi connectivity index (χ0n) is 28.1. The number of methoxy groups -OCH3 is 1. The van der Waals surface area contributed by atoms with Crippen molar-refractivity contribution in [1.29, 1.82) is 0 Å². The summed E-state index contributed by atoms with van der Waals surface area (Å²) in [6.07, 6.45) is -3.31. The van der Waals surface area contributed by atoms with Crippen LogP contribution >= 0.6 is 0 Å². The van der Waals surface area contributed by atoms with Gasteiger partial charge in [-0.15, -0.1) is 0 Å². The predicted molar refractivity (Wildman–Crippen MR) is 166 cm³/mol. The second kappa shape index (κ2) is 13.9. The molecule has 2 fully saturated rings. The van der Waals surface area contributed by atoms with Crippen molar-refractivity contribution in [2.45, 2.75) is 110 Å². The highest BCUT2D eigenvalue weighted by Gasteiger charge is 2.60. The molecule has 11 heteroatoms. The highest BCUT2D eigenvalue weighted by molar-refractivity contribution is 5.89. The number of pyridine rings is 1. The molecule has 0 N–H and O–H groups in total. The first-order valence-electron chi connectivity index (χ1n) is 15.9. The Kier molecular flexibility index (Phi) is 10.8. The van der Waals surface area contributed by atoms with Crippen LogP contribution in [0.25, 0.3) is 0 Å². The van der Waals surface area contributed by atoms with E-state index in [2.05, 4.69) is 25.8 Å². The molecule has 0 unspecified atom stereocenters. The molecule has 0 saturated carbocycles. The Morgan fingerprint density at radius 1 is 1.04 bits per heavy atom. The molecule has 0 radical (unpaired) electrons. The summed E-state index contributed by atoms with van der Waals surface area (Å²) in [5, 5.41) is 0. The summed E-state index contributed by atoms with van der Waals surface area (Å²) in [4.78, 5) is 33.9. The van der Waals surface area contributed by atoms with E-state index in [4.69, 9.17) is 18.9 Å². The Bertz CT molecular complexity index is 1380. The van der Waals surface area contributed by atoms with Gasteiger partial charge in [-0.25, -0.2) is 9.78 Å². The summed E-state index contributed by atoms with van der Waals surface area (Å²) in [5.74, 6) is -1.50. The van der Waals surface area contributed by atoms with E-state index in [0.29, 0.717) is 13.0 Å². The van der Waals surface area contributed by atoms with E-state index >= 15 is 0 Å². The summed E-state index contributed by atoms with van der Waals surface area (Å²) in [7, 11) is 1.33. The van der Waals surface area contributed by atoms with Gasteiger partial charge >= 0.3 is 12.1 Å². The van der Waals surface area contributed by atoms with Crippen molar-refractivity contribution in [3.05, 3.63) is 58.8 Å². The van der Waals surface area contributed by atoms with Gasteiger partial charge in [0.05, 0.1) is 38.0 Å². The molecule has 254 valence electrons. The van der Waals surface area contributed by atoms with E-state index in [9.17, 15) is 22.8 Å². The number of rotatable bonds is 8. The molecule has 1 aromatic heterocycles. The molecule has 1 amide bonds. The maximum absolute atomic E-state index is 14.5. The molecular weight excluding hydrogens is 601 g/mol. The highest BCUT2D eigenvalue weighted by atomic mass is 19.4. The Labute approximate surface area is 269 Å². The summed E-state index contributed by atoms with van der Waals surface area (Å²) in [5.41, 5.74) is 0.0852. The zero-order chi connectivity index (χ0) is 34.0. The molecule has 2 aliphatic heterocycles. The van der Waals surface area contributed by atoms with E-state index < -0.39 is 53.3 Å². The predicted octanol–water partition coefficient (Wildman–Crippen LogP) is 7.04. The van der Waals surface area contributed by atoms with Crippen molar-refractivity contribution in [2.24, 2.45) is 11.3 Å². The van der Waals surface area contributed by atoms with Crippen molar-refractivity contribution >= 4 is 11.9 Å². The number of carbonyl (C=O) groups is 2. The lowest BCUT2D eigenvalue weighted by atomic mass is 9.73. The molecule has 4 rings (SSSR count). The Hall–Kier alpha value is -3.18. The molecule has 2 aliphatic rings. The number of esters is 1. The summed E-state index contributed by atoms with van der Waals surface area (Å²) in [6, 6.07) is 6.99. The fourth-order valence-corrected chi connectivity index (χ4v) is 6.57. The van der Waals surface area contributed by atoms with E-state index in [1.54, 1.807) is 11.8 Å². The maximum atomic E-state index is 14.5. The van der Waals surface area contributed by atoms with Crippen molar-refractivity contribution in [2.75, 3.05) is 20.3 Å². The molecule has 0 bridgehead atoms. The number of halogens is 3. The van der Waals surface area contributed by atoms with Gasteiger partial charge in [0, 0.05) is 24.3 Å². The third kappa shape index (κ3) is 7.68. The van der Waals surface area contributed by atoms with Gasteiger partial charge in [0.15, 0.2) is 0 Å². The van der Waals surface area contributed by atoms with Crippen molar-refractivity contribution in [3.63, 3.8) is 0 Å². The van der Waals surface area contributed by atoms with Crippen molar-refractivity contribution < 1.29 is 41.7 Å². The Morgan fingerprint density at radius 2 is 1.76 bits per heavy atom. The second-order valence-corrected chi connectivity index (χ2v) is 14.2. The quantitative estimate of drug-likeness (QED) is 0.284. The highest BCUT2D eigenvalue weighted by Crippen LogP contribution is 2.51. The standard InChI is InChI=1S/C35H47F3N2O6/c1-9-44-32(42)28-26(34(5,6)7)29(46-20-22-18-24(35(36,37)38)19-39-30(22)43-8)27(21-13-12-14-23(17-21)33(2,3)4)40(28)31(41)25-15-10-11-16-45-25/h12-14,17-19,25-29H,9-11,15-16,20H2,1-8H3/t25-,26+,27-,28-,29-/m0/s1. The van der Waals surface area contributed by atoms with Crippen LogP contribution < -0.4 is 4.74 Å². The first-order valence-corrected chi connectivity index (χ1v) is 15.9. The smallest absolute Gasteiger partial charge is 0.417 e. The fraction of sp³-hybridized carbons (Fsp3) is 0.629. The van der Waals surface area contributed by atoms with Gasteiger partial charge in [-0.05, 0) is 54.2 Å². The molecule has 2 aromatic rings. The SMILES string of the molecule is CCOC(=O)[C@@H]1[C@@H](C(C)(C)C)[C@H](OCc2cc(C(F)(F)F)cnc2OC)[C@H](c2cccc(C(C)(C)C)c2)N1C(=O)[C@@H]1CCCCO1. The molecule has 2 saturated heterocycles. The van der Waals surface area contributed by atoms with E-state index in [1.807, 2.05) is 45.0 Å². The van der Waals surface area contributed by atoms with Gasteiger partial charge in [0.2, 0.25) is 5.88 Å².